The third-order valence-electron chi connectivity index (χ3n) is 4.18. The van der Waals surface area contributed by atoms with Crippen molar-refractivity contribution >= 4 is 34.9 Å². The van der Waals surface area contributed by atoms with Gasteiger partial charge in [-0.2, -0.15) is 11.8 Å². The molecule has 0 aromatic heterocycles. The molecule has 0 radical (unpaired) electrons. The number of hydrogen-bond acceptors (Lipinski definition) is 4. The zero-order chi connectivity index (χ0) is 13.9. The van der Waals surface area contributed by atoms with Gasteiger partial charge in [0.15, 0.2) is 0 Å². The van der Waals surface area contributed by atoms with Crippen LogP contribution in [0.25, 0.3) is 0 Å². The largest absolute Gasteiger partial charge is 0.392 e. The van der Waals surface area contributed by atoms with Crippen molar-refractivity contribution in [1.82, 2.24) is 5.32 Å². The summed E-state index contributed by atoms with van der Waals surface area (Å²) in [5.74, 6) is 1.16. The normalized spacial score (nSPS) is 29.9. The Balaban J connectivity index is 1.98. The second kappa shape index (κ2) is 5.97. The molecule has 1 atom stereocenters. The molecule has 4 nitrogen and oxygen atoms in total. The molecule has 0 bridgehead atoms. The third kappa shape index (κ3) is 3.23. The Morgan fingerprint density at radius 3 is 2.63 bits per heavy atom. The molecule has 0 spiro atoms. The Labute approximate surface area is 124 Å². The summed E-state index contributed by atoms with van der Waals surface area (Å²) in [5.41, 5.74) is 5.13. The monoisotopic (exact) mass is 302 g/mol. The van der Waals surface area contributed by atoms with Gasteiger partial charge in [-0.1, -0.05) is 12.2 Å². The van der Waals surface area contributed by atoms with Gasteiger partial charge in [0.05, 0.1) is 4.99 Å². The van der Waals surface area contributed by atoms with Gasteiger partial charge in [-0.25, -0.2) is 0 Å². The van der Waals surface area contributed by atoms with E-state index in [1.54, 1.807) is 0 Å². The number of hydrogen-bond donors (Lipinski definition) is 2. The summed E-state index contributed by atoms with van der Waals surface area (Å²) in [6, 6.07) is 0. The van der Waals surface area contributed by atoms with E-state index in [0.29, 0.717) is 37.6 Å². The lowest BCUT2D eigenvalue weighted by molar-refractivity contribution is -0.131. The lowest BCUT2D eigenvalue weighted by atomic mass is 9.79. The lowest BCUT2D eigenvalue weighted by Gasteiger charge is -2.35. The maximum Gasteiger partial charge on any atom is 0.233 e. The van der Waals surface area contributed by atoms with Gasteiger partial charge in [-0.05, 0) is 38.4 Å². The molecule has 3 N–H and O–H groups in total. The highest BCUT2D eigenvalue weighted by Gasteiger charge is 2.43. The molecule has 0 saturated carbocycles. The van der Waals surface area contributed by atoms with E-state index in [1.807, 2.05) is 11.8 Å². The molecule has 108 valence electrons. The van der Waals surface area contributed by atoms with Crippen LogP contribution < -0.4 is 11.1 Å². The van der Waals surface area contributed by atoms with E-state index in [-0.39, 0.29) is 10.7 Å². The van der Waals surface area contributed by atoms with Crippen LogP contribution in [0.3, 0.4) is 0 Å². The topological polar surface area (TPSA) is 64.4 Å². The number of nitrogens with one attached hydrogen (secondary N) is 1. The first-order valence-electron chi connectivity index (χ1n) is 6.78. The van der Waals surface area contributed by atoms with Crippen LogP contribution in [-0.2, 0) is 9.53 Å². The van der Waals surface area contributed by atoms with Crippen molar-refractivity contribution in [3.8, 4) is 0 Å². The molecule has 6 heteroatoms. The molecule has 0 aromatic carbocycles. The molecule has 2 saturated heterocycles. The number of thiocarbonyl (C=S) groups is 1. The predicted octanol–water partition coefficient (Wildman–Crippen LogP) is 1.47. The van der Waals surface area contributed by atoms with Crippen molar-refractivity contribution in [3.05, 3.63) is 0 Å². The molecule has 2 rings (SSSR count). The first-order chi connectivity index (χ1) is 8.99. The van der Waals surface area contributed by atoms with Gasteiger partial charge >= 0.3 is 0 Å². The van der Waals surface area contributed by atoms with Crippen LogP contribution in [0.5, 0.6) is 0 Å². The molecule has 1 amide bonds. The van der Waals surface area contributed by atoms with Crippen LogP contribution in [0.4, 0.5) is 0 Å². The molecular weight excluding hydrogens is 280 g/mol. The first-order valence-corrected chi connectivity index (χ1v) is 8.18. The summed E-state index contributed by atoms with van der Waals surface area (Å²) in [6.45, 7) is 4.01. The summed E-state index contributed by atoms with van der Waals surface area (Å²) in [6.07, 6.45) is 3.57. The Bertz CT molecular complexity index is 362. The van der Waals surface area contributed by atoms with Gasteiger partial charge in [0.1, 0.15) is 5.41 Å². The van der Waals surface area contributed by atoms with E-state index >= 15 is 0 Å². The minimum absolute atomic E-state index is 0.0166. The van der Waals surface area contributed by atoms with Crippen LogP contribution in [-0.4, -0.2) is 41.2 Å². The van der Waals surface area contributed by atoms with Crippen LogP contribution in [0.2, 0.25) is 0 Å². The Hall–Kier alpha value is -0.330. The van der Waals surface area contributed by atoms with Gasteiger partial charge in [0.25, 0.3) is 0 Å². The summed E-state index contributed by atoms with van der Waals surface area (Å²) in [7, 11) is 0. The second-order valence-corrected chi connectivity index (χ2v) is 7.77. The van der Waals surface area contributed by atoms with Crippen molar-refractivity contribution in [1.29, 1.82) is 0 Å². The fourth-order valence-electron chi connectivity index (χ4n) is 2.72. The maximum atomic E-state index is 12.5. The smallest absolute Gasteiger partial charge is 0.233 e. The molecule has 2 heterocycles. The summed E-state index contributed by atoms with van der Waals surface area (Å²) in [4.78, 5) is 12.8. The fraction of sp³-hybridized carbons (Fsp3) is 0.846. The minimum Gasteiger partial charge on any atom is -0.392 e. The highest BCUT2D eigenvalue weighted by molar-refractivity contribution is 8.00. The lowest BCUT2D eigenvalue weighted by Crippen LogP contribution is -2.53. The third-order valence-corrected chi connectivity index (χ3v) is 6.10. The molecule has 0 aliphatic carbocycles. The Kier molecular flexibility index (Phi) is 4.74. The zero-order valence-corrected chi connectivity index (χ0v) is 13.0. The summed E-state index contributed by atoms with van der Waals surface area (Å²) in [5, 5.41) is 3.07. The maximum absolute atomic E-state index is 12.5. The average Bonchev–Trinajstić information content (AvgIpc) is 2.84. The van der Waals surface area contributed by atoms with Crippen molar-refractivity contribution in [3.63, 3.8) is 0 Å². The number of ether oxygens (including phenoxy) is 1. The molecule has 1 unspecified atom stereocenters. The van der Waals surface area contributed by atoms with E-state index < -0.39 is 5.41 Å². The van der Waals surface area contributed by atoms with Gasteiger partial charge in [-0.15, -0.1) is 0 Å². The van der Waals surface area contributed by atoms with Gasteiger partial charge < -0.3 is 15.8 Å². The Morgan fingerprint density at radius 2 is 2.11 bits per heavy atom. The Morgan fingerprint density at radius 1 is 1.42 bits per heavy atom. The van der Waals surface area contributed by atoms with Gasteiger partial charge in [0, 0.05) is 24.5 Å². The molecule has 2 fully saturated rings. The average molecular weight is 302 g/mol. The fourth-order valence-corrected chi connectivity index (χ4v) is 4.26. The zero-order valence-electron chi connectivity index (χ0n) is 11.4. The number of rotatable bonds is 4. The minimum atomic E-state index is -0.701. The van der Waals surface area contributed by atoms with E-state index in [0.717, 1.165) is 6.42 Å². The molecule has 19 heavy (non-hydrogen) atoms. The van der Waals surface area contributed by atoms with Crippen molar-refractivity contribution in [2.75, 3.05) is 25.5 Å². The quantitative estimate of drug-likeness (QED) is 0.770. The number of carbonyl (C=O) groups is 1. The highest BCUT2D eigenvalue weighted by atomic mass is 32.2. The van der Waals surface area contributed by atoms with Crippen molar-refractivity contribution in [2.24, 2.45) is 11.1 Å². The number of thioether (sulfide) groups is 1. The molecule has 2 aliphatic rings. The molecule has 0 aromatic rings. The standard InChI is InChI=1S/C13H22N2O2S2/c1-12(3-2-8-19-12)9-15-11(16)13(10(14)18)4-6-17-7-5-13/h2-9H2,1H3,(H2,14,18)(H,15,16). The molecule has 2 aliphatic heterocycles. The molecular formula is C13H22N2O2S2. The highest BCUT2D eigenvalue weighted by Crippen LogP contribution is 2.37. The van der Waals surface area contributed by atoms with Crippen LogP contribution in [0, 0.1) is 5.41 Å². The van der Waals surface area contributed by atoms with E-state index in [4.69, 9.17) is 22.7 Å². The number of amides is 1. The SMILES string of the molecule is CC1(CNC(=O)C2(C(N)=S)CCOCC2)CCCS1. The van der Waals surface area contributed by atoms with Crippen LogP contribution in [0.1, 0.15) is 32.6 Å². The first kappa shape index (κ1) is 15.1. The van der Waals surface area contributed by atoms with E-state index in [2.05, 4.69) is 12.2 Å². The van der Waals surface area contributed by atoms with Crippen LogP contribution >= 0.6 is 24.0 Å². The second-order valence-electron chi connectivity index (χ2n) is 5.64. The predicted molar refractivity (Wildman–Crippen MR) is 82.4 cm³/mol. The van der Waals surface area contributed by atoms with Crippen molar-refractivity contribution < 1.29 is 9.53 Å². The van der Waals surface area contributed by atoms with Gasteiger partial charge in [-0.3, -0.25) is 4.79 Å². The summed E-state index contributed by atoms with van der Waals surface area (Å²) >= 11 is 7.07. The van der Waals surface area contributed by atoms with E-state index in [1.165, 1.54) is 12.2 Å². The van der Waals surface area contributed by atoms with Crippen molar-refractivity contribution in [2.45, 2.75) is 37.4 Å². The van der Waals surface area contributed by atoms with Crippen LogP contribution in [0.15, 0.2) is 0 Å². The number of carbonyl (C=O) groups excluding carboxylic acids is 1. The van der Waals surface area contributed by atoms with E-state index in [9.17, 15) is 4.79 Å². The number of nitrogens with two attached hydrogens (primary N) is 1. The van der Waals surface area contributed by atoms with Gasteiger partial charge in [0.2, 0.25) is 5.91 Å². The summed E-state index contributed by atoms with van der Waals surface area (Å²) < 4.78 is 5.49.